The van der Waals surface area contributed by atoms with Gasteiger partial charge in [0.25, 0.3) is 11.5 Å². The number of carbonyl (C=O) groups excluding carboxylic acids is 1. The van der Waals surface area contributed by atoms with Gasteiger partial charge in [-0.3, -0.25) is 14.2 Å². The van der Waals surface area contributed by atoms with Crippen molar-refractivity contribution in [2.75, 3.05) is 7.11 Å². The van der Waals surface area contributed by atoms with Crippen LogP contribution in [-0.2, 0) is 11.8 Å². The molecule has 0 spiro atoms. The largest absolute Gasteiger partial charge is 0.381 e. The van der Waals surface area contributed by atoms with Gasteiger partial charge in [0, 0.05) is 31.2 Å². The number of ether oxygens (including phenoxy) is 1. The summed E-state index contributed by atoms with van der Waals surface area (Å²) in [5.74, 6) is -0.141. The maximum absolute atomic E-state index is 12.8. The van der Waals surface area contributed by atoms with E-state index in [2.05, 4.69) is 24.1 Å². The molecule has 1 saturated carbocycles. The van der Waals surface area contributed by atoms with Gasteiger partial charge in [-0.05, 0) is 49.7 Å². The van der Waals surface area contributed by atoms with Gasteiger partial charge in [-0.15, -0.1) is 0 Å². The molecule has 7 heteroatoms. The number of methoxy groups -OCH3 is 1. The maximum atomic E-state index is 12.8. The van der Waals surface area contributed by atoms with Crippen LogP contribution < -0.4 is 10.9 Å². The molecule has 26 heavy (non-hydrogen) atoms. The molecular formula is C19H25N3O3S. The van der Waals surface area contributed by atoms with Crippen LogP contribution in [0.1, 0.15) is 43.5 Å². The summed E-state index contributed by atoms with van der Waals surface area (Å²) < 4.78 is 7.31. The van der Waals surface area contributed by atoms with Crippen molar-refractivity contribution in [3.05, 3.63) is 38.9 Å². The van der Waals surface area contributed by atoms with Gasteiger partial charge >= 0.3 is 0 Å². The lowest BCUT2D eigenvalue weighted by atomic mass is 9.58. The van der Waals surface area contributed by atoms with Crippen LogP contribution in [0, 0.1) is 10.2 Å². The molecule has 1 aromatic carbocycles. The van der Waals surface area contributed by atoms with Crippen molar-refractivity contribution in [3.63, 3.8) is 0 Å². The van der Waals surface area contributed by atoms with E-state index in [9.17, 15) is 9.59 Å². The van der Waals surface area contributed by atoms with Crippen molar-refractivity contribution < 1.29 is 9.53 Å². The number of rotatable bonds is 5. The summed E-state index contributed by atoms with van der Waals surface area (Å²) in [6.45, 7) is 4.28. The summed E-state index contributed by atoms with van der Waals surface area (Å²) in [7, 11) is 3.36. The molecule has 0 unspecified atom stereocenters. The van der Waals surface area contributed by atoms with Crippen LogP contribution in [0.15, 0.2) is 23.0 Å². The smallest absolute Gasteiger partial charge is 0.261 e. The summed E-state index contributed by atoms with van der Waals surface area (Å²) >= 11 is 5.16. The number of benzene rings is 1. The minimum absolute atomic E-state index is 0.0168. The molecule has 3 rings (SSSR count). The molecule has 2 aromatic rings. The second kappa shape index (κ2) is 6.96. The fourth-order valence-electron chi connectivity index (χ4n) is 4.17. The Hall–Kier alpha value is -1.99. The maximum Gasteiger partial charge on any atom is 0.261 e. The predicted octanol–water partition coefficient (Wildman–Crippen LogP) is 2.92. The Morgan fingerprint density at radius 3 is 2.73 bits per heavy atom. The molecule has 1 aliphatic rings. The van der Waals surface area contributed by atoms with E-state index in [0.29, 0.717) is 21.2 Å². The van der Waals surface area contributed by atoms with E-state index in [1.165, 1.54) is 4.57 Å². The van der Waals surface area contributed by atoms with E-state index in [-0.39, 0.29) is 29.0 Å². The first-order valence-corrected chi connectivity index (χ1v) is 9.35. The average molecular weight is 375 g/mol. The van der Waals surface area contributed by atoms with Gasteiger partial charge in [0.05, 0.1) is 17.0 Å². The van der Waals surface area contributed by atoms with Crippen molar-refractivity contribution in [2.45, 2.75) is 45.3 Å². The molecule has 1 fully saturated rings. The molecule has 0 bridgehead atoms. The monoisotopic (exact) mass is 375 g/mol. The highest BCUT2D eigenvalue weighted by atomic mass is 32.1. The Bertz CT molecular complexity index is 959. The zero-order valence-corrected chi connectivity index (χ0v) is 16.4. The summed E-state index contributed by atoms with van der Waals surface area (Å²) in [5.41, 5.74) is 0.898. The van der Waals surface area contributed by atoms with Crippen LogP contribution in [0.2, 0.25) is 0 Å². The minimum atomic E-state index is -0.173. The second-order valence-electron chi connectivity index (χ2n) is 6.98. The zero-order valence-electron chi connectivity index (χ0n) is 15.6. The van der Waals surface area contributed by atoms with E-state index in [0.717, 1.165) is 19.3 Å². The van der Waals surface area contributed by atoms with Gasteiger partial charge < -0.3 is 15.0 Å². The molecule has 0 saturated heterocycles. The van der Waals surface area contributed by atoms with Gasteiger partial charge in [0.15, 0.2) is 4.77 Å². The van der Waals surface area contributed by atoms with Crippen molar-refractivity contribution in [3.8, 4) is 0 Å². The first-order valence-electron chi connectivity index (χ1n) is 8.94. The van der Waals surface area contributed by atoms with Crippen molar-refractivity contribution >= 4 is 29.0 Å². The van der Waals surface area contributed by atoms with Gasteiger partial charge in [-0.1, -0.05) is 13.8 Å². The molecule has 2 atom stereocenters. The lowest BCUT2D eigenvalue weighted by Crippen LogP contribution is -2.64. The molecule has 1 amide bonds. The number of amides is 1. The molecule has 0 radical (unpaired) electrons. The fraction of sp³-hybridized carbons (Fsp3) is 0.526. The van der Waals surface area contributed by atoms with Crippen molar-refractivity contribution in [1.82, 2.24) is 14.9 Å². The quantitative estimate of drug-likeness (QED) is 0.788. The molecule has 1 aliphatic carbocycles. The Morgan fingerprint density at radius 2 is 2.12 bits per heavy atom. The lowest BCUT2D eigenvalue weighted by Gasteiger charge is -2.55. The molecule has 6 nitrogen and oxygen atoms in total. The van der Waals surface area contributed by atoms with Crippen LogP contribution in [0.3, 0.4) is 0 Å². The Labute approximate surface area is 157 Å². The number of hydrogen-bond donors (Lipinski definition) is 2. The van der Waals surface area contributed by atoms with Gasteiger partial charge in [-0.25, -0.2) is 0 Å². The van der Waals surface area contributed by atoms with Gasteiger partial charge in [0.1, 0.15) is 0 Å². The summed E-state index contributed by atoms with van der Waals surface area (Å²) in [6.07, 6.45) is 2.90. The molecule has 1 aromatic heterocycles. The van der Waals surface area contributed by atoms with Crippen LogP contribution in [0.5, 0.6) is 0 Å². The molecule has 2 N–H and O–H groups in total. The van der Waals surface area contributed by atoms with Crippen molar-refractivity contribution in [1.29, 1.82) is 0 Å². The van der Waals surface area contributed by atoms with E-state index < -0.39 is 0 Å². The minimum Gasteiger partial charge on any atom is -0.381 e. The van der Waals surface area contributed by atoms with Crippen LogP contribution >= 0.6 is 12.2 Å². The molecule has 0 aliphatic heterocycles. The number of fused-ring (bicyclic) bond motifs is 1. The molecule has 1 heterocycles. The Morgan fingerprint density at radius 1 is 1.42 bits per heavy atom. The summed E-state index contributed by atoms with van der Waals surface area (Å²) in [4.78, 5) is 28.0. The third-order valence-corrected chi connectivity index (χ3v) is 6.43. The Kier molecular flexibility index (Phi) is 5.03. The first-order chi connectivity index (χ1) is 12.4. The number of aromatic nitrogens is 2. The number of H-pyrrole nitrogens is 1. The number of nitrogens with one attached hydrogen (secondary N) is 2. The van der Waals surface area contributed by atoms with E-state index in [1.54, 1.807) is 32.4 Å². The number of hydrogen-bond acceptors (Lipinski definition) is 4. The summed E-state index contributed by atoms with van der Waals surface area (Å²) in [6, 6.07) is 5.13. The highest BCUT2D eigenvalue weighted by molar-refractivity contribution is 7.71. The standard InChI is InChI=1S/C19H25N3O3S/c1-5-19(6-2)14(10-15(19)25-4)21-16(23)11-7-8-12-13(9-11)20-18(26)22(3)17(12)24/h7-9,14-15H,5-6,10H2,1-4H3,(H,20,26)(H,21,23)/t14-,15-/m0/s1. The number of aromatic amines is 1. The number of carbonyl (C=O) groups is 1. The Balaban J connectivity index is 1.88. The SMILES string of the molecule is CCC1(CC)[C@@H](NC(=O)c2ccc3c(=O)n(C)c(=S)[nH]c3c2)C[C@@H]1OC. The highest BCUT2D eigenvalue weighted by Gasteiger charge is 2.53. The third-order valence-electron chi connectivity index (χ3n) is 6.05. The van der Waals surface area contributed by atoms with E-state index in [1.807, 2.05) is 0 Å². The number of nitrogens with zero attached hydrogens (tertiary/aromatic N) is 1. The molecule has 140 valence electrons. The predicted molar refractivity (Wildman–Crippen MR) is 104 cm³/mol. The van der Waals surface area contributed by atoms with E-state index >= 15 is 0 Å². The average Bonchev–Trinajstić information content (AvgIpc) is 2.63. The topological polar surface area (TPSA) is 76.1 Å². The first kappa shape index (κ1) is 18.8. The lowest BCUT2D eigenvalue weighted by molar-refractivity contribution is -0.120. The second-order valence-corrected chi connectivity index (χ2v) is 7.37. The third kappa shape index (κ3) is 2.79. The van der Waals surface area contributed by atoms with Crippen LogP contribution in [0.4, 0.5) is 0 Å². The normalized spacial score (nSPS) is 21.4. The zero-order chi connectivity index (χ0) is 19.1. The van der Waals surface area contributed by atoms with Gasteiger partial charge in [0.2, 0.25) is 0 Å². The highest BCUT2D eigenvalue weighted by Crippen LogP contribution is 2.48. The van der Waals surface area contributed by atoms with Gasteiger partial charge in [-0.2, -0.15) is 0 Å². The van der Waals surface area contributed by atoms with Crippen molar-refractivity contribution in [2.24, 2.45) is 12.5 Å². The molecular weight excluding hydrogens is 350 g/mol. The van der Waals surface area contributed by atoms with Crippen LogP contribution in [-0.4, -0.2) is 34.7 Å². The summed E-state index contributed by atoms with van der Waals surface area (Å²) in [5, 5.41) is 3.66. The van der Waals surface area contributed by atoms with E-state index in [4.69, 9.17) is 17.0 Å². The van der Waals surface area contributed by atoms with Crippen LogP contribution in [0.25, 0.3) is 10.9 Å². The fourth-order valence-corrected chi connectivity index (χ4v) is 4.36.